The summed E-state index contributed by atoms with van der Waals surface area (Å²) in [5.74, 6) is -0.0419. The van der Waals surface area contributed by atoms with Gasteiger partial charge in [0.2, 0.25) is 0 Å². The quantitative estimate of drug-likeness (QED) is 0.916. The maximum atomic E-state index is 12.7. The van der Waals surface area contributed by atoms with E-state index in [-0.39, 0.29) is 12.5 Å². The Morgan fingerprint density at radius 3 is 2.24 bits per heavy atom. The lowest BCUT2D eigenvalue weighted by molar-refractivity contribution is 0.0707. The van der Waals surface area contributed by atoms with Gasteiger partial charge in [-0.05, 0) is 31.5 Å². The Morgan fingerprint density at radius 2 is 1.67 bits per heavy atom. The number of aliphatic hydroxyl groups is 1. The first-order valence-electron chi connectivity index (χ1n) is 7.12. The number of aryl methyl sites for hydroxylation is 2. The zero-order valence-electron chi connectivity index (χ0n) is 12.5. The standard InChI is InChI=1S/C18H21NO2/c1-14-10-15(2)12-17(11-14)18(21)19(8-9-20)13-16-6-4-3-5-7-16/h3-7,10-12,20H,8-9,13H2,1-2H3. The Hall–Kier alpha value is -2.13. The molecule has 21 heavy (non-hydrogen) atoms. The van der Waals surface area contributed by atoms with E-state index in [1.54, 1.807) is 4.90 Å². The molecule has 0 saturated heterocycles. The van der Waals surface area contributed by atoms with Crippen molar-refractivity contribution in [1.82, 2.24) is 4.90 Å². The van der Waals surface area contributed by atoms with Crippen molar-refractivity contribution in [2.75, 3.05) is 13.2 Å². The van der Waals surface area contributed by atoms with Crippen molar-refractivity contribution in [3.63, 3.8) is 0 Å². The van der Waals surface area contributed by atoms with Crippen molar-refractivity contribution in [2.24, 2.45) is 0 Å². The van der Waals surface area contributed by atoms with Crippen LogP contribution in [-0.4, -0.2) is 29.1 Å². The number of aliphatic hydroxyl groups excluding tert-OH is 1. The van der Waals surface area contributed by atoms with E-state index in [1.807, 2.05) is 62.4 Å². The van der Waals surface area contributed by atoms with Crippen molar-refractivity contribution < 1.29 is 9.90 Å². The molecule has 3 heteroatoms. The summed E-state index contributed by atoms with van der Waals surface area (Å²) >= 11 is 0. The minimum atomic E-state index is -0.0419. The van der Waals surface area contributed by atoms with Crippen LogP contribution in [0.2, 0.25) is 0 Å². The smallest absolute Gasteiger partial charge is 0.254 e. The summed E-state index contributed by atoms with van der Waals surface area (Å²) in [6.07, 6.45) is 0. The first-order valence-corrected chi connectivity index (χ1v) is 7.12. The summed E-state index contributed by atoms with van der Waals surface area (Å²) in [5, 5.41) is 9.23. The maximum absolute atomic E-state index is 12.7. The number of nitrogens with zero attached hydrogens (tertiary/aromatic N) is 1. The van der Waals surface area contributed by atoms with E-state index >= 15 is 0 Å². The molecule has 110 valence electrons. The summed E-state index contributed by atoms with van der Waals surface area (Å²) in [7, 11) is 0. The molecular formula is C18H21NO2. The maximum Gasteiger partial charge on any atom is 0.254 e. The third kappa shape index (κ3) is 4.17. The Kier molecular flexibility index (Phi) is 5.12. The molecule has 0 aliphatic rings. The molecule has 0 heterocycles. The van der Waals surface area contributed by atoms with E-state index in [0.29, 0.717) is 18.7 Å². The Morgan fingerprint density at radius 1 is 1.05 bits per heavy atom. The number of benzene rings is 2. The van der Waals surface area contributed by atoms with Crippen LogP contribution in [0.15, 0.2) is 48.5 Å². The number of carbonyl (C=O) groups excluding carboxylic acids is 1. The van der Waals surface area contributed by atoms with Crippen LogP contribution in [0.1, 0.15) is 27.0 Å². The first kappa shape index (κ1) is 15.3. The zero-order valence-corrected chi connectivity index (χ0v) is 12.5. The van der Waals surface area contributed by atoms with Gasteiger partial charge in [0, 0.05) is 18.7 Å². The predicted octanol–water partition coefficient (Wildman–Crippen LogP) is 2.94. The van der Waals surface area contributed by atoms with Gasteiger partial charge in [-0.1, -0.05) is 47.5 Å². The summed E-state index contributed by atoms with van der Waals surface area (Å²) in [6, 6.07) is 15.7. The van der Waals surface area contributed by atoms with Gasteiger partial charge in [0.25, 0.3) is 5.91 Å². The van der Waals surface area contributed by atoms with Crippen molar-refractivity contribution in [1.29, 1.82) is 0 Å². The molecule has 0 spiro atoms. The van der Waals surface area contributed by atoms with Crippen LogP contribution in [0.3, 0.4) is 0 Å². The van der Waals surface area contributed by atoms with Crippen molar-refractivity contribution in [3.8, 4) is 0 Å². The largest absolute Gasteiger partial charge is 0.395 e. The molecule has 0 atom stereocenters. The fraction of sp³-hybridized carbons (Fsp3) is 0.278. The topological polar surface area (TPSA) is 40.5 Å². The van der Waals surface area contributed by atoms with Gasteiger partial charge < -0.3 is 10.0 Å². The molecule has 0 radical (unpaired) electrons. The summed E-state index contributed by atoms with van der Waals surface area (Å²) < 4.78 is 0. The monoisotopic (exact) mass is 283 g/mol. The highest BCUT2D eigenvalue weighted by Crippen LogP contribution is 2.13. The molecule has 3 nitrogen and oxygen atoms in total. The number of rotatable bonds is 5. The second kappa shape index (κ2) is 7.04. The third-order valence-electron chi connectivity index (χ3n) is 3.34. The molecule has 0 unspecified atom stereocenters. The second-order valence-electron chi connectivity index (χ2n) is 5.31. The van der Waals surface area contributed by atoms with E-state index in [0.717, 1.165) is 16.7 Å². The van der Waals surface area contributed by atoms with Gasteiger partial charge in [-0.2, -0.15) is 0 Å². The van der Waals surface area contributed by atoms with Gasteiger partial charge in [-0.15, -0.1) is 0 Å². The zero-order chi connectivity index (χ0) is 15.2. The van der Waals surface area contributed by atoms with Gasteiger partial charge in [-0.3, -0.25) is 4.79 Å². The van der Waals surface area contributed by atoms with E-state index in [4.69, 9.17) is 0 Å². The van der Waals surface area contributed by atoms with Crippen LogP contribution >= 0.6 is 0 Å². The van der Waals surface area contributed by atoms with Crippen molar-refractivity contribution >= 4 is 5.91 Å². The van der Waals surface area contributed by atoms with Crippen LogP contribution in [0.25, 0.3) is 0 Å². The average molecular weight is 283 g/mol. The van der Waals surface area contributed by atoms with Gasteiger partial charge in [0.05, 0.1) is 6.61 Å². The minimum absolute atomic E-state index is 0.0383. The molecule has 2 aromatic rings. The lowest BCUT2D eigenvalue weighted by Gasteiger charge is -2.22. The second-order valence-corrected chi connectivity index (χ2v) is 5.31. The molecule has 0 aromatic heterocycles. The highest BCUT2D eigenvalue weighted by molar-refractivity contribution is 5.94. The van der Waals surface area contributed by atoms with Crippen LogP contribution < -0.4 is 0 Å². The lowest BCUT2D eigenvalue weighted by Crippen LogP contribution is -2.33. The van der Waals surface area contributed by atoms with Gasteiger partial charge in [0.1, 0.15) is 0 Å². The summed E-state index contributed by atoms with van der Waals surface area (Å²) in [5.41, 5.74) is 3.88. The predicted molar refractivity (Wildman–Crippen MR) is 84.2 cm³/mol. The van der Waals surface area contributed by atoms with Gasteiger partial charge in [0.15, 0.2) is 0 Å². The molecule has 0 saturated carbocycles. The highest BCUT2D eigenvalue weighted by atomic mass is 16.3. The minimum Gasteiger partial charge on any atom is -0.395 e. The molecule has 2 rings (SSSR count). The Bertz CT molecular complexity index is 588. The molecule has 0 bridgehead atoms. The fourth-order valence-corrected chi connectivity index (χ4v) is 2.46. The van der Waals surface area contributed by atoms with Crippen LogP contribution in [-0.2, 0) is 6.54 Å². The molecule has 2 aromatic carbocycles. The van der Waals surface area contributed by atoms with Gasteiger partial charge in [-0.25, -0.2) is 0 Å². The fourth-order valence-electron chi connectivity index (χ4n) is 2.46. The first-order chi connectivity index (χ1) is 10.1. The van der Waals surface area contributed by atoms with E-state index in [2.05, 4.69) is 0 Å². The molecular weight excluding hydrogens is 262 g/mol. The SMILES string of the molecule is Cc1cc(C)cc(C(=O)N(CCO)Cc2ccccc2)c1. The van der Waals surface area contributed by atoms with Crippen molar-refractivity contribution in [3.05, 3.63) is 70.8 Å². The number of carbonyl (C=O) groups is 1. The van der Waals surface area contributed by atoms with Gasteiger partial charge >= 0.3 is 0 Å². The number of hydrogen-bond donors (Lipinski definition) is 1. The normalized spacial score (nSPS) is 10.4. The van der Waals surface area contributed by atoms with Crippen LogP contribution in [0, 0.1) is 13.8 Å². The molecule has 1 amide bonds. The van der Waals surface area contributed by atoms with Crippen molar-refractivity contribution in [2.45, 2.75) is 20.4 Å². The lowest BCUT2D eigenvalue weighted by atomic mass is 10.1. The number of hydrogen-bond acceptors (Lipinski definition) is 2. The average Bonchev–Trinajstić information content (AvgIpc) is 2.46. The van der Waals surface area contributed by atoms with E-state index in [9.17, 15) is 9.90 Å². The Labute approximate surface area is 125 Å². The number of amides is 1. The third-order valence-corrected chi connectivity index (χ3v) is 3.34. The molecule has 0 fully saturated rings. The molecule has 0 aliphatic heterocycles. The summed E-state index contributed by atoms with van der Waals surface area (Å²) in [4.78, 5) is 14.3. The van der Waals surface area contributed by atoms with E-state index in [1.165, 1.54) is 0 Å². The van der Waals surface area contributed by atoms with Crippen LogP contribution in [0.5, 0.6) is 0 Å². The molecule has 1 N–H and O–H groups in total. The Balaban J connectivity index is 2.22. The van der Waals surface area contributed by atoms with E-state index < -0.39 is 0 Å². The molecule has 0 aliphatic carbocycles. The summed E-state index contributed by atoms with van der Waals surface area (Å²) in [6.45, 7) is 4.77. The highest BCUT2D eigenvalue weighted by Gasteiger charge is 2.16. The van der Waals surface area contributed by atoms with Crippen LogP contribution in [0.4, 0.5) is 0 Å².